The van der Waals surface area contributed by atoms with Crippen LogP contribution in [0.2, 0.25) is 0 Å². The second-order valence-corrected chi connectivity index (χ2v) is 10.1. The summed E-state index contributed by atoms with van der Waals surface area (Å²) in [4.78, 5) is 4.74. The average Bonchev–Trinajstić information content (AvgIpc) is 3.15. The van der Waals surface area contributed by atoms with Gasteiger partial charge in [-0.1, -0.05) is 63.1 Å². The van der Waals surface area contributed by atoms with Gasteiger partial charge < -0.3 is 5.32 Å². The molecular formula is C16H24N4S3. The number of hydrogen-bond acceptors (Lipinski definition) is 7. The van der Waals surface area contributed by atoms with E-state index in [0.29, 0.717) is 6.04 Å². The number of thioether (sulfide) groups is 1. The molecule has 0 saturated heterocycles. The Morgan fingerprint density at radius 1 is 1.22 bits per heavy atom. The molecule has 0 atom stereocenters. The van der Waals surface area contributed by atoms with E-state index in [1.807, 2.05) is 0 Å². The number of nitrogens with one attached hydrogen (secondary N) is 1. The summed E-state index contributed by atoms with van der Waals surface area (Å²) < 4.78 is 1.02. The third-order valence-electron chi connectivity index (χ3n) is 3.88. The lowest BCUT2D eigenvalue weighted by Gasteiger charge is -2.21. The summed E-state index contributed by atoms with van der Waals surface area (Å²) in [7, 11) is 0. The van der Waals surface area contributed by atoms with Crippen LogP contribution in [0.15, 0.2) is 9.72 Å². The molecule has 23 heavy (non-hydrogen) atoms. The molecule has 0 bridgehead atoms. The maximum atomic E-state index is 4.74. The maximum absolute atomic E-state index is 4.74. The molecule has 1 N–H and O–H groups in total. The smallest absolute Gasteiger partial charge is 0.206 e. The van der Waals surface area contributed by atoms with Crippen LogP contribution >= 0.6 is 34.4 Å². The minimum absolute atomic E-state index is 0.132. The van der Waals surface area contributed by atoms with Crippen molar-refractivity contribution >= 4 is 39.6 Å². The van der Waals surface area contributed by atoms with Crippen LogP contribution in [-0.2, 0) is 11.2 Å². The van der Waals surface area contributed by atoms with Gasteiger partial charge in [-0.3, -0.25) is 0 Å². The van der Waals surface area contributed by atoms with Gasteiger partial charge in [-0.2, -0.15) is 0 Å². The van der Waals surface area contributed by atoms with Crippen molar-refractivity contribution in [3.8, 4) is 0 Å². The van der Waals surface area contributed by atoms with E-state index in [-0.39, 0.29) is 5.41 Å². The zero-order valence-electron chi connectivity index (χ0n) is 14.0. The minimum Gasteiger partial charge on any atom is -0.357 e. The second-order valence-electron chi connectivity index (χ2n) is 7.04. The Kier molecular flexibility index (Phi) is 5.59. The number of anilines is 1. The van der Waals surface area contributed by atoms with Crippen LogP contribution in [0.1, 0.15) is 63.6 Å². The molecule has 1 fully saturated rings. The van der Waals surface area contributed by atoms with E-state index in [1.54, 1.807) is 34.4 Å². The SMILES string of the molecule is CC(C)(C)c1nc(CSc2nnc(NC3CCCCC3)s2)cs1. The minimum atomic E-state index is 0.132. The van der Waals surface area contributed by atoms with Crippen LogP contribution in [0.5, 0.6) is 0 Å². The Bertz CT molecular complexity index is 623. The first kappa shape index (κ1) is 17.2. The molecule has 3 rings (SSSR count). The molecule has 0 spiro atoms. The Morgan fingerprint density at radius 3 is 2.70 bits per heavy atom. The monoisotopic (exact) mass is 368 g/mol. The fourth-order valence-electron chi connectivity index (χ4n) is 2.60. The van der Waals surface area contributed by atoms with E-state index < -0.39 is 0 Å². The molecule has 0 radical (unpaired) electrons. The largest absolute Gasteiger partial charge is 0.357 e. The van der Waals surface area contributed by atoms with Gasteiger partial charge in [0.1, 0.15) is 0 Å². The Hall–Kier alpha value is -0.660. The predicted octanol–water partition coefficient (Wildman–Crippen LogP) is 5.33. The van der Waals surface area contributed by atoms with Crippen LogP contribution in [-0.4, -0.2) is 21.2 Å². The highest BCUT2D eigenvalue weighted by atomic mass is 32.2. The van der Waals surface area contributed by atoms with E-state index in [0.717, 1.165) is 20.9 Å². The quantitative estimate of drug-likeness (QED) is 0.723. The van der Waals surface area contributed by atoms with Crippen molar-refractivity contribution in [2.75, 3.05) is 5.32 Å². The Labute approximate surface area is 150 Å². The number of nitrogens with zero attached hydrogens (tertiary/aromatic N) is 3. The second kappa shape index (κ2) is 7.49. The Balaban J connectivity index is 1.51. The van der Waals surface area contributed by atoms with Crippen LogP contribution in [0.4, 0.5) is 5.13 Å². The first-order valence-electron chi connectivity index (χ1n) is 8.18. The third kappa shape index (κ3) is 4.90. The molecule has 0 aromatic carbocycles. The van der Waals surface area contributed by atoms with Crippen molar-refractivity contribution in [2.45, 2.75) is 74.4 Å². The summed E-state index contributed by atoms with van der Waals surface area (Å²) in [6.45, 7) is 6.62. The molecule has 2 aromatic rings. The van der Waals surface area contributed by atoms with E-state index >= 15 is 0 Å². The molecule has 0 unspecified atom stereocenters. The van der Waals surface area contributed by atoms with Gasteiger partial charge in [-0.15, -0.1) is 21.5 Å². The van der Waals surface area contributed by atoms with Crippen molar-refractivity contribution in [2.24, 2.45) is 0 Å². The summed E-state index contributed by atoms with van der Waals surface area (Å²) in [5.41, 5.74) is 1.27. The number of aromatic nitrogens is 3. The lowest BCUT2D eigenvalue weighted by molar-refractivity contribution is 0.462. The van der Waals surface area contributed by atoms with Crippen molar-refractivity contribution in [3.05, 3.63) is 16.1 Å². The molecule has 2 heterocycles. The van der Waals surface area contributed by atoms with Gasteiger partial charge in [0.05, 0.1) is 10.7 Å². The standard InChI is InChI=1S/C16H24N4S3/c1-16(2,3)13-17-12(9-21-13)10-22-15-20-19-14(23-15)18-11-7-5-4-6-8-11/h9,11H,4-8,10H2,1-3H3,(H,18,19). The molecule has 126 valence electrons. The molecular weight excluding hydrogens is 344 g/mol. The van der Waals surface area contributed by atoms with Crippen molar-refractivity contribution in [3.63, 3.8) is 0 Å². The van der Waals surface area contributed by atoms with Crippen LogP contribution < -0.4 is 5.32 Å². The van der Waals surface area contributed by atoms with Crippen LogP contribution in [0.25, 0.3) is 0 Å². The van der Waals surface area contributed by atoms with E-state index in [9.17, 15) is 0 Å². The number of rotatable bonds is 5. The third-order valence-corrected chi connectivity index (χ3v) is 7.21. The van der Waals surface area contributed by atoms with Crippen LogP contribution in [0.3, 0.4) is 0 Å². The van der Waals surface area contributed by atoms with Gasteiger partial charge in [-0.05, 0) is 12.8 Å². The number of hydrogen-bond donors (Lipinski definition) is 1. The van der Waals surface area contributed by atoms with Crippen molar-refractivity contribution in [1.82, 2.24) is 15.2 Å². The average molecular weight is 369 g/mol. The van der Waals surface area contributed by atoms with E-state index in [2.05, 4.69) is 41.7 Å². The summed E-state index contributed by atoms with van der Waals surface area (Å²) in [6, 6.07) is 0.586. The van der Waals surface area contributed by atoms with E-state index in [4.69, 9.17) is 4.98 Å². The summed E-state index contributed by atoms with van der Waals surface area (Å²) in [5.74, 6) is 0.866. The summed E-state index contributed by atoms with van der Waals surface area (Å²) in [6.07, 6.45) is 6.56. The molecule has 0 amide bonds. The summed E-state index contributed by atoms with van der Waals surface area (Å²) >= 11 is 5.14. The first-order chi connectivity index (χ1) is 11.0. The fraction of sp³-hybridized carbons (Fsp3) is 0.688. The van der Waals surface area contributed by atoms with Gasteiger partial charge in [0.25, 0.3) is 0 Å². The number of thiazole rings is 1. The molecule has 1 aliphatic rings. The van der Waals surface area contributed by atoms with Gasteiger partial charge in [0, 0.05) is 22.6 Å². The van der Waals surface area contributed by atoms with Gasteiger partial charge in [0.15, 0.2) is 4.34 Å². The lowest BCUT2D eigenvalue weighted by Crippen LogP contribution is -2.21. The normalized spacial score (nSPS) is 16.7. The van der Waals surface area contributed by atoms with Gasteiger partial charge in [0.2, 0.25) is 5.13 Å². The zero-order valence-corrected chi connectivity index (χ0v) is 16.4. The predicted molar refractivity (Wildman–Crippen MR) is 101 cm³/mol. The van der Waals surface area contributed by atoms with Crippen LogP contribution in [0, 0.1) is 0 Å². The summed E-state index contributed by atoms with van der Waals surface area (Å²) in [5, 5.41) is 16.5. The highest BCUT2D eigenvalue weighted by molar-refractivity contribution is 8.00. The highest BCUT2D eigenvalue weighted by Crippen LogP contribution is 2.32. The molecule has 1 saturated carbocycles. The highest BCUT2D eigenvalue weighted by Gasteiger charge is 2.18. The zero-order chi connectivity index (χ0) is 16.3. The molecule has 7 heteroatoms. The molecule has 2 aromatic heterocycles. The Morgan fingerprint density at radius 2 is 2.00 bits per heavy atom. The van der Waals surface area contributed by atoms with Gasteiger partial charge >= 0.3 is 0 Å². The van der Waals surface area contributed by atoms with Crippen molar-refractivity contribution in [1.29, 1.82) is 0 Å². The first-order valence-corrected chi connectivity index (χ1v) is 10.9. The lowest BCUT2D eigenvalue weighted by atomic mass is 9.96. The fourth-order valence-corrected chi connectivity index (χ4v) is 5.34. The maximum Gasteiger partial charge on any atom is 0.206 e. The molecule has 0 aliphatic heterocycles. The van der Waals surface area contributed by atoms with Gasteiger partial charge in [-0.25, -0.2) is 4.98 Å². The molecule has 4 nitrogen and oxygen atoms in total. The van der Waals surface area contributed by atoms with Crippen molar-refractivity contribution < 1.29 is 0 Å². The molecule has 1 aliphatic carbocycles. The topological polar surface area (TPSA) is 50.7 Å². The van der Waals surface area contributed by atoms with E-state index in [1.165, 1.54) is 37.1 Å².